The van der Waals surface area contributed by atoms with E-state index in [9.17, 15) is 9.59 Å². The van der Waals surface area contributed by atoms with Crippen LogP contribution in [0.4, 0.5) is 0 Å². The highest BCUT2D eigenvalue weighted by Gasteiger charge is 2.17. The molecule has 3 rings (SSSR count). The lowest BCUT2D eigenvalue weighted by Gasteiger charge is -2.14. The summed E-state index contributed by atoms with van der Waals surface area (Å²) in [7, 11) is 4.41. The van der Waals surface area contributed by atoms with Crippen molar-refractivity contribution < 1.29 is 23.8 Å². The van der Waals surface area contributed by atoms with E-state index in [1.54, 1.807) is 12.4 Å². The molecule has 0 aliphatic carbocycles. The van der Waals surface area contributed by atoms with Crippen molar-refractivity contribution in [3.05, 3.63) is 53.3 Å². The summed E-state index contributed by atoms with van der Waals surface area (Å²) in [6.45, 7) is 0.0807. The lowest BCUT2D eigenvalue weighted by atomic mass is 10.1. The molecule has 2 amide bonds. The van der Waals surface area contributed by atoms with Gasteiger partial charge in [-0.25, -0.2) is 4.98 Å². The fourth-order valence-electron chi connectivity index (χ4n) is 2.74. The van der Waals surface area contributed by atoms with E-state index in [2.05, 4.69) is 20.6 Å². The van der Waals surface area contributed by atoms with E-state index >= 15 is 0 Å². The maximum Gasteiger partial charge on any atom is 0.251 e. The van der Waals surface area contributed by atoms with Crippen LogP contribution in [-0.4, -0.2) is 49.7 Å². The average molecular weight is 442 g/mol. The van der Waals surface area contributed by atoms with Gasteiger partial charge in [-0.05, 0) is 24.3 Å². The number of hydrogen-bond donors (Lipinski definition) is 2. The molecule has 0 aliphatic heterocycles. The summed E-state index contributed by atoms with van der Waals surface area (Å²) < 4.78 is 15.7. The molecule has 3 aromatic rings. The highest BCUT2D eigenvalue weighted by atomic mass is 32.1. The SMILES string of the molecule is COc1cc(C(=O)NCC(=O)NCc2csc(-c3ccncc3)n2)cc(OC)c1OC. The molecule has 0 unspecified atom stereocenters. The molecule has 0 bridgehead atoms. The first-order valence-electron chi connectivity index (χ1n) is 9.25. The molecule has 162 valence electrons. The van der Waals surface area contributed by atoms with Crippen molar-refractivity contribution >= 4 is 23.2 Å². The van der Waals surface area contributed by atoms with Crippen molar-refractivity contribution in [1.29, 1.82) is 0 Å². The first-order chi connectivity index (χ1) is 15.0. The van der Waals surface area contributed by atoms with E-state index < -0.39 is 5.91 Å². The number of carbonyl (C=O) groups excluding carboxylic acids is 2. The molecule has 0 fully saturated rings. The Bertz CT molecular complexity index is 1030. The van der Waals surface area contributed by atoms with E-state index in [0.29, 0.717) is 17.2 Å². The number of thiazole rings is 1. The summed E-state index contributed by atoms with van der Waals surface area (Å²) in [6.07, 6.45) is 3.41. The standard InChI is InChI=1S/C21H22N4O5S/c1-28-16-8-14(9-17(29-2)19(16)30-3)20(27)24-11-18(26)23-10-15-12-31-21(25-15)13-4-6-22-7-5-13/h4-9,12H,10-11H2,1-3H3,(H,23,26)(H,24,27). The van der Waals surface area contributed by atoms with Crippen LogP contribution in [0.5, 0.6) is 17.2 Å². The molecule has 2 aromatic heterocycles. The molecule has 2 N–H and O–H groups in total. The van der Waals surface area contributed by atoms with Gasteiger partial charge < -0.3 is 24.8 Å². The second kappa shape index (κ2) is 10.4. The van der Waals surface area contributed by atoms with Gasteiger partial charge in [0.2, 0.25) is 11.7 Å². The Labute approximate surface area is 183 Å². The first-order valence-corrected chi connectivity index (χ1v) is 10.1. The van der Waals surface area contributed by atoms with Crippen LogP contribution in [0, 0.1) is 0 Å². The number of pyridine rings is 1. The number of methoxy groups -OCH3 is 3. The lowest BCUT2D eigenvalue weighted by molar-refractivity contribution is -0.120. The second-order valence-electron chi connectivity index (χ2n) is 6.25. The van der Waals surface area contributed by atoms with Crippen LogP contribution < -0.4 is 24.8 Å². The zero-order valence-electron chi connectivity index (χ0n) is 17.3. The van der Waals surface area contributed by atoms with Gasteiger partial charge in [-0.15, -0.1) is 11.3 Å². The van der Waals surface area contributed by atoms with Crippen molar-refractivity contribution in [1.82, 2.24) is 20.6 Å². The predicted octanol–water partition coefficient (Wildman–Crippen LogP) is 2.28. The Balaban J connectivity index is 1.54. The van der Waals surface area contributed by atoms with Crippen LogP contribution >= 0.6 is 11.3 Å². The molecule has 0 spiro atoms. The number of ether oxygens (including phenoxy) is 3. The Hall–Kier alpha value is -3.66. The van der Waals surface area contributed by atoms with E-state index in [1.165, 1.54) is 44.8 Å². The number of carbonyl (C=O) groups is 2. The topological polar surface area (TPSA) is 112 Å². The normalized spacial score (nSPS) is 10.3. The van der Waals surface area contributed by atoms with Crippen molar-refractivity contribution in [2.75, 3.05) is 27.9 Å². The highest BCUT2D eigenvalue weighted by Crippen LogP contribution is 2.38. The maximum absolute atomic E-state index is 12.5. The minimum atomic E-state index is -0.442. The van der Waals surface area contributed by atoms with Gasteiger partial charge in [0.15, 0.2) is 11.5 Å². The maximum atomic E-state index is 12.5. The molecular weight excluding hydrogens is 420 g/mol. The molecule has 9 nitrogen and oxygen atoms in total. The zero-order chi connectivity index (χ0) is 22.2. The van der Waals surface area contributed by atoms with Crippen LogP contribution in [0.25, 0.3) is 10.6 Å². The number of hydrogen-bond acceptors (Lipinski definition) is 8. The molecule has 1 aromatic carbocycles. The Morgan fingerprint density at radius 3 is 2.29 bits per heavy atom. The van der Waals surface area contributed by atoms with Crippen LogP contribution in [0.15, 0.2) is 42.0 Å². The molecule has 0 saturated heterocycles. The Morgan fingerprint density at radius 1 is 1.00 bits per heavy atom. The van der Waals surface area contributed by atoms with Crippen molar-refractivity contribution in [3.8, 4) is 27.8 Å². The number of amides is 2. The van der Waals surface area contributed by atoms with E-state index in [1.807, 2.05) is 17.5 Å². The Morgan fingerprint density at radius 2 is 1.68 bits per heavy atom. The Kier molecular flexibility index (Phi) is 7.39. The van der Waals surface area contributed by atoms with Gasteiger partial charge in [-0.1, -0.05) is 0 Å². The van der Waals surface area contributed by atoms with Crippen molar-refractivity contribution in [2.45, 2.75) is 6.54 Å². The minimum absolute atomic E-state index is 0.184. The number of benzene rings is 1. The molecular formula is C21H22N4O5S. The van der Waals surface area contributed by atoms with Crippen LogP contribution in [0.3, 0.4) is 0 Å². The lowest BCUT2D eigenvalue weighted by Crippen LogP contribution is -2.36. The molecule has 0 radical (unpaired) electrons. The van der Waals surface area contributed by atoms with Gasteiger partial charge in [-0.2, -0.15) is 0 Å². The van der Waals surface area contributed by atoms with Gasteiger partial charge in [0.25, 0.3) is 5.91 Å². The van der Waals surface area contributed by atoms with Crippen LogP contribution in [-0.2, 0) is 11.3 Å². The molecule has 31 heavy (non-hydrogen) atoms. The largest absolute Gasteiger partial charge is 0.493 e. The van der Waals surface area contributed by atoms with Crippen LogP contribution in [0.2, 0.25) is 0 Å². The number of nitrogens with one attached hydrogen (secondary N) is 2. The minimum Gasteiger partial charge on any atom is -0.493 e. The van der Waals surface area contributed by atoms with Crippen LogP contribution in [0.1, 0.15) is 16.1 Å². The fourth-order valence-corrected chi connectivity index (χ4v) is 3.57. The smallest absolute Gasteiger partial charge is 0.251 e. The number of nitrogens with zero attached hydrogens (tertiary/aromatic N) is 2. The second-order valence-corrected chi connectivity index (χ2v) is 7.11. The zero-order valence-corrected chi connectivity index (χ0v) is 18.1. The third kappa shape index (κ3) is 5.48. The first kappa shape index (κ1) is 22.0. The average Bonchev–Trinajstić information content (AvgIpc) is 3.29. The predicted molar refractivity (Wildman–Crippen MR) is 116 cm³/mol. The van der Waals surface area contributed by atoms with Gasteiger partial charge in [0.1, 0.15) is 5.01 Å². The third-order valence-corrected chi connectivity index (χ3v) is 5.22. The monoisotopic (exact) mass is 442 g/mol. The van der Waals surface area contributed by atoms with Gasteiger partial charge in [-0.3, -0.25) is 14.6 Å². The summed E-state index contributed by atoms with van der Waals surface area (Å²) in [5.41, 5.74) is 1.99. The van der Waals surface area contributed by atoms with E-state index in [-0.39, 0.29) is 24.6 Å². The van der Waals surface area contributed by atoms with Crippen molar-refractivity contribution in [3.63, 3.8) is 0 Å². The highest BCUT2D eigenvalue weighted by molar-refractivity contribution is 7.13. The van der Waals surface area contributed by atoms with Gasteiger partial charge in [0.05, 0.1) is 40.1 Å². The van der Waals surface area contributed by atoms with Gasteiger partial charge >= 0.3 is 0 Å². The van der Waals surface area contributed by atoms with E-state index in [0.717, 1.165) is 16.3 Å². The summed E-state index contributed by atoms with van der Waals surface area (Å²) in [6, 6.07) is 6.79. The summed E-state index contributed by atoms with van der Waals surface area (Å²) in [4.78, 5) is 33.1. The van der Waals surface area contributed by atoms with E-state index in [4.69, 9.17) is 14.2 Å². The molecule has 2 heterocycles. The van der Waals surface area contributed by atoms with Crippen molar-refractivity contribution in [2.24, 2.45) is 0 Å². The third-order valence-electron chi connectivity index (χ3n) is 4.28. The fraction of sp³-hybridized carbons (Fsp3) is 0.238. The summed E-state index contributed by atoms with van der Waals surface area (Å²) in [5, 5.41) is 8.05. The molecule has 0 atom stereocenters. The number of rotatable bonds is 9. The molecule has 0 aliphatic rings. The number of aromatic nitrogens is 2. The molecule has 10 heteroatoms. The quantitative estimate of drug-likeness (QED) is 0.523. The molecule has 0 saturated carbocycles. The summed E-state index contributed by atoms with van der Waals surface area (Å²) in [5.74, 6) is 0.311. The van der Waals surface area contributed by atoms with Gasteiger partial charge in [0, 0.05) is 28.9 Å². The summed E-state index contributed by atoms with van der Waals surface area (Å²) >= 11 is 1.49.